The number of unbranched alkanes of at least 4 members (excludes halogenated alkanes) is 1. The van der Waals surface area contributed by atoms with Crippen LogP contribution in [0.5, 0.6) is 5.75 Å². The number of allylic oxidation sites excluding steroid dienone is 2. The summed E-state index contributed by atoms with van der Waals surface area (Å²) in [5.74, 6) is 0.910. The summed E-state index contributed by atoms with van der Waals surface area (Å²) >= 11 is 0. The van der Waals surface area contributed by atoms with Gasteiger partial charge in [-0.1, -0.05) is 31.2 Å². The second-order valence-electron chi connectivity index (χ2n) is 5.60. The van der Waals surface area contributed by atoms with Gasteiger partial charge in [0.2, 0.25) is 0 Å². The average Bonchev–Trinajstić information content (AvgIpc) is 2.47. The van der Waals surface area contributed by atoms with E-state index in [2.05, 4.69) is 24.3 Å². The molecule has 1 atom stereocenters. The lowest BCUT2D eigenvalue weighted by Gasteiger charge is -2.20. The number of aryl methyl sites for hydroxylation is 1. The number of rotatable bonds is 9. The minimum Gasteiger partial charge on any atom is -0.497 e. The maximum atomic E-state index is 9.88. The second-order valence-corrected chi connectivity index (χ2v) is 5.60. The first-order chi connectivity index (χ1) is 9.57. The minimum atomic E-state index is -0.489. The lowest BCUT2D eigenvalue weighted by atomic mass is 9.96. The molecule has 2 heteroatoms. The summed E-state index contributed by atoms with van der Waals surface area (Å²) in [6.07, 6.45) is 10.4. The highest BCUT2D eigenvalue weighted by Gasteiger charge is 2.15. The van der Waals surface area contributed by atoms with Crippen LogP contribution in [0.3, 0.4) is 0 Å². The van der Waals surface area contributed by atoms with Gasteiger partial charge in [0.05, 0.1) is 12.7 Å². The van der Waals surface area contributed by atoms with Gasteiger partial charge in [-0.25, -0.2) is 0 Å². The molecule has 0 heterocycles. The molecule has 1 aromatic rings. The molecule has 0 radical (unpaired) electrons. The first kappa shape index (κ1) is 16.8. The van der Waals surface area contributed by atoms with E-state index in [0.717, 1.165) is 44.3 Å². The first-order valence-corrected chi connectivity index (χ1v) is 7.57. The summed E-state index contributed by atoms with van der Waals surface area (Å²) in [4.78, 5) is 0. The summed E-state index contributed by atoms with van der Waals surface area (Å²) in [5.41, 5.74) is 0.848. The summed E-state index contributed by atoms with van der Waals surface area (Å²) < 4.78 is 5.14. The Morgan fingerprint density at radius 2 is 1.80 bits per heavy atom. The molecule has 0 aliphatic carbocycles. The van der Waals surface area contributed by atoms with Gasteiger partial charge in [-0.15, -0.1) is 0 Å². The fourth-order valence-corrected chi connectivity index (χ4v) is 2.06. The maximum Gasteiger partial charge on any atom is 0.118 e. The standard InChI is InChI=1S/C18H28O2/c1-4-18(2,19)15-9-7-5-6-8-10-16-11-13-17(20-3)14-12-16/h5-6,11-14,19H,4,7-10,15H2,1-3H3/b6-5+. The van der Waals surface area contributed by atoms with Crippen molar-refractivity contribution < 1.29 is 9.84 Å². The molecule has 0 saturated carbocycles. The lowest BCUT2D eigenvalue weighted by Crippen LogP contribution is -2.21. The van der Waals surface area contributed by atoms with E-state index in [1.807, 2.05) is 26.0 Å². The molecule has 2 nitrogen and oxygen atoms in total. The molecule has 0 saturated heterocycles. The Morgan fingerprint density at radius 1 is 1.15 bits per heavy atom. The van der Waals surface area contributed by atoms with Crippen molar-refractivity contribution in [2.24, 2.45) is 0 Å². The molecule has 0 aromatic heterocycles. The first-order valence-electron chi connectivity index (χ1n) is 7.57. The minimum absolute atomic E-state index is 0.489. The number of benzene rings is 1. The SMILES string of the molecule is CCC(C)(O)CCC/C=C/CCc1ccc(OC)cc1. The molecule has 1 N–H and O–H groups in total. The topological polar surface area (TPSA) is 29.5 Å². The Kier molecular flexibility index (Phi) is 7.38. The van der Waals surface area contributed by atoms with Crippen LogP contribution in [-0.4, -0.2) is 17.8 Å². The van der Waals surface area contributed by atoms with E-state index >= 15 is 0 Å². The molecule has 1 aromatic carbocycles. The smallest absolute Gasteiger partial charge is 0.118 e. The van der Waals surface area contributed by atoms with Crippen molar-refractivity contribution in [2.75, 3.05) is 7.11 Å². The number of hydrogen-bond donors (Lipinski definition) is 1. The summed E-state index contributed by atoms with van der Waals surface area (Å²) in [7, 11) is 1.69. The molecule has 0 amide bonds. The third-order valence-electron chi connectivity index (χ3n) is 3.77. The van der Waals surface area contributed by atoms with Crippen molar-refractivity contribution in [3.05, 3.63) is 42.0 Å². The van der Waals surface area contributed by atoms with Crippen LogP contribution in [0, 0.1) is 0 Å². The van der Waals surface area contributed by atoms with Gasteiger partial charge in [0.25, 0.3) is 0 Å². The van der Waals surface area contributed by atoms with Crippen molar-refractivity contribution in [3.63, 3.8) is 0 Å². The van der Waals surface area contributed by atoms with Crippen LogP contribution in [0.15, 0.2) is 36.4 Å². The van der Waals surface area contributed by atoms with Crippen LogP contribution in [0.25, 0.3) is 0 Å². The Morgan fingerprint density at radius 3 is 2.40 bits per heavy atom. The van der Waals surface area contributed by atoms with Crippen molar-refractivity contribution in [3.8, 4) is 5.75 Å². The molecular formula is C18H28O2. The van der Waals surface area contributed by atoms with Crippen molar-refractivity contribution >= 4 is 0 Å². The van der Waals surface area contributed by atoms with Gasteiger partial charge in [0.15, 0.2) is 0 Å². The largest absolute Gasteiger partial charge is 0.497 e. The van der Waals surface area contributed by atoms with Crippen molar-refractivity contribution in [1.82, 2.24) is 0 Å². The number of ether oxygens (including phenoxy) is 1. The second kappa shape index (κ2) is 8.80. The maximum absolute atomic E-state index is 9.88. The monoisotopic (exact) mass is 276 g/mol. The summed E-state index contributed by atoms with van der Waals surface area (Å²) in [6, 6.07) is 8.24. The molecular weight excluding hydrogens is 248 g/mol. The van der Waals surface area contributed by atoms with Gasteiger partial charge >= 0.3 is 0 Å². The van der Waals surface area contributed by atoms with Gasteiger partial charge in [0.1, 0.15) is 5.75 Å². The van der Waals surface area contributed by atoms with E-state index in [1.165, 1.54) is 5.56 Å². The van der Waals surface area contributed by atoms with Crippen LogP contribution in [-0.2, 0) is 6.42 Å². The zero-order chi connectivity index (χ0) is 14.8. The summed E-state index contributed by atoms with van der Waals surface area (Å²) in [5, 5.41) is 9.88. The summed E-state index contributed by atoms with van der Waals surface area (Å²) in [6.45, 7) is 3.95. The average molecular weight is 276 g/mol. The Labute approximate surface area is 123 Å². The highest BCUT2D eigenvalue weighted by Crippen LogP contribution is 2.17. The third-order valence-corrected chi connectivity index (χ3v) is 3.77. The van der Waals surface area contributed by atoms with Gasteiger partial charge in [0, 0.05) is 0 Å². The van der Waals surface area contributed by atoms with E-state index in [0.29, 0.717) is 0 Å². The van der Waals surface area contributed by atoms with Crippen LogP contribution in [0.2, 0.25) is 0 Å². The zero-order valence-corrected chi connectivity index (χ0v) is 13.1. The number of methoxy groups -OCH3 is 1. The van der Waals surface area contributed by atoms with E-state index in [1.54, 1.807) is 7.11 Å². The quantitative estimate of drug-likeness (QED) is 0.531. The van der Waals surface area contributed by atoms with Crippen molar-refractivity contribution in [2.45, 2.75) is 58.0 Å². The molecule has 0 aliphatic heterocycles. The van der Waals surface area contributed by atoms with Gasteiger partial charge in [-0.3, -0.25) is 0 Å². The lowest BCUT2D eigenvalue weighted by molar-refractivity contribution is 0.0452. The molecule has 0 aliphatic rings. The molecule has 0 spiro atoms. The van der Waals surface area contributed by atoms with Crippen LogP contribution in [0.4, 0.5) is 0 Å². The molecule has 1 unspecified atom stereocenters. The van der Waals surface area contributed by atoms with Gasteiger partial charge in [-0.05, 0) is 63.1 Å². The highest BCUT2D eigenvalue weighted by molar-refractivity contribution is 5.27. The normalized spacial score (nSPS) is 14.4. The van der Waals surface area contributed by atoms with E-state index in [-0.39, 0.29) is 0 Å². The zero-order valence-electron chi connectivity index (χ0n) is 13.1. The van der Waals surface area contributed by atoms with E-state index in [9.17, 15) is 5.11 Å². The molecule has 0 fully saturated rings. The van der Waals surface area contributed by atoms with Crippen LogP contribution >= 0.6 is 0 Å². The van der Waals surface area contributed by atoms with E-state index in [4.69, 9.17) is 4.74 Å². The molecule has 0 bridgehead atoms. The van der Waals surface area contributed by atoms with Crippen LogP contribution < -0.4 is 4.74 Å². The molecule has 112 valence electrons. The number of aliphatic hydroxyl groups is 1. The van der Waals surface area contributed by atoms with Gasteiger partial charge < -0.3 is 9.84 Å². The Hall–Kier alpha value is -1.28. The Bertz CT molecular complexity index is 390. The number of hydrogen-bond acceptors (Lipinski definition) is 2. The Balaban J connectivity index is 2.15. The van der Waals surface area contributed by atoms with Crippen LogP contribution in [0.1, 0.15) is 51.5 Å². The van der Waals surface area contributed by atoms with E-state index < -0.39 is 5.60 Å². The third kappa shape index (κ3) is 6.76. The molecule has 20 heavy (non-hydrogen) atoms. The predicted octanol–water partition coefficient (Wildman–Crippen LogP) is 4.52. The fourth-order valence-electron chi connectivity index (χ4n) is 2.06. The van der Waals surface area contributed by atoms with Gasteiger partial charge in [-0.2, -0.15) is 0 Å². The predicted molar refractivity (Wildman–Crippen MR) is 85.2 cm³/mol. The molecule has 1 rings (SSSR count). The fraction of sp³-hybridized carbons (Fsp3) is 0.556. The highest BCUT2D eigenvalue weighted by atomic mass is 16.5. The van der Waals surface area contributed by atoms with Crippen molar-refractivity contribution in [1.29, 1.82) is 0 Å².